The molecule has 2 aliphatic heterocycles. The van der Waals surface area contributed by atoms with Crippen molar-refractivity contribution in [3.8, 4) is 0 Å². The Balaban J connectivity index is 2.34. The van der Waals surface area contributed by atoms with Crippen LogP contribution in [0.1, 0.15) is 40.5 Å². The highest BCUT2D eigenvalue weighted by Crippen LogP contribution is 2.29. The minimum absolute atomic E-state index is 0.311. The summed E-state index contributed by atoms with van der Waals surface area (Å²) in [5.74, 6) is -6.63. The maximum atomic E-state index is 13.1. The van der Waals surface area contributed by atoms with Crippen molar-refractivity contribution in [3.05, 3.63) is 0 Å². The Hall–Kier alpha value is -3.99. The molecule has 0 spiro atoms. The van der Waals surface area contributed by atoms with Gasteiger partial charge >= 0.3 is 11.9 Å². The van der Waals surface area contributed by atoms with Crippen LogP contribution >= 0.6 is 0 Å². The van der Waals surface area contributed by atoms with Crippen LogP contribution in [0.4, 0.5) is 0 Å². The summed E-state index contributed by atoms with van der Waals surface area (Å²) in [6, 6.07) is -5.82. The molecule has 2 fully saturated rings. The number of hydrogen-bond donors (Lipinski definition) is 10. The monoisotopic (exact) mass is 693 g/mol. The second-order valence-electron chi connectivity index (χ2n) is 11.2. The molecule has 0 aromatic rings. The molecule has 0 aromatic heterocycles. The first-order valence-corrected chi connectivity index (χ1v) is 14.8. The molecule has 12 atom stereocenters. The molecule has 21 nitrogen and oxygen atoms in total. The molecule has 2 aliphatic rings. The molecule has 21 heteroatoms. The molecule has 0 radical (unpaired) electrons. The van der Waals surface area contributed by atoms with Gasteiger partial charge in [-0.05, 0) is 20.3 Å². The maximum absolute atomic E-state index is 13.1. The van der Waals surface area contributed by atoms with Gasteiger partial charge in [-0.25, -0.2) is 4.79 Å². The molecule has 5 amide bonds. The largest absolute Gasteiger partial charge is 0.481 e. The van der Waals surface area contributed by atoms with Crippen molar-refractivity contribution in [1.82, 2.24) is 21.3 Å². The summed E-state index contributed by atoms with van der Waals surface area (Å²) in [5.41, 5.74) is 5.23. The van der Waals surface area contributed by atoms with E-state index in [9.17, 15) is 54.0 Å². The molecule has 2 heterocycles. The smallest absolute Gasteiger partial charge is 0.331 e. The van der Waals surface area contributed by atoms with Gasteiger partial charge in [0.05, 0.1) is 13.2 Å². The number of nitrogens with two attached hydrogens (primary N) is 1. The molecule has 48 heavy (non-hydrogen) atoms. The number of hydrogen-bond acceptors (Lipinski definition) is 15. The van der Waals surface area contributed by atoms with Gasteiger partial charge in [-0.2, -0.15) is 0 Å². The highest BCUT2D eigenvalue weighted by molar-refractivity contribution is 5.92. The van der Waals surface area contributed by atoms with Crippen LogP contribution in [-0.4, -0.2) is 153 Å². The van der Waals surface area contributed by atoms with Crippen LogP contribution in [0.2, 0.25) is 0 Å². The van der Waals surface area contributed by atoms with Crippen molar-refractivity contribution >= 4 is 41.5 Å². The fraction of sp³-hybridized carbons (Fsp3) is 0.741. The molecule has 2 rings (SSSR count). The van der Waals surface area contributed by atoms with Crippen LogP contribution in [0.15, 0.2) is 0 Å². The average molecular weight is 694 g/mol. The summed E-state index contributed by atoms with van der Waals surface area (Å²) >= 11 is 0. The number of primary amides is 1. The van der Waals surface area contributed by atoms with E-state index in [1.54, 1.807) is 0 Å². The SMILES string of the molecule is CC(=O)N[C@H]1[C@H](O[C@H]2[C@H](O[C@H](C)C(=O)N[C@@H](C)C(=O)N[C@H](CCC(=O)O)C(N)=O)[C@@H](NC(C)=O)C(=O)O[C@@H]2CO)O[C@H](CO)[C@@H](O)[C@@H]1O. The molecule has 11 N–H and O–H groups in total. The van der Waals surface area contributed by atoms with Crippen LogP contribution in [-0.2, 0) is 52.5 Å². The highest BCUT2D eigenvalue weighted by atomic mass is 16.7. The van der Waals surface area contributed by atoms with Gasteiger partial charge in [0.2, 0.25) is 29.5 Å². The van der Waals surface area contributed by atoms with E-state index in [1.165, 1.54) is 13.8 Å². The number of nitrogens with one attached hydrogen (secondary N) is 4. The number of carbonyl (C=O) groups is 7. The van der Waals surface area contributed by atoms with Crippen molar-refractivity contribution in [3.63, 3.8) is 0 Å². The first-order chi connectivity index (χ1) is 22.4. The zero-order chi connectivity index (χ0) is 36.5. The van der Waals surface area contributed by atoms with E-state index in [-0.39, 0.29) is 6.42 Å². The van der Waals surface area contributed by atoms with E-state index in [0.717, 1.165) is 13.8 Å². The third-order valence-electron chi connectivity index (χ3n) is 7.41. The van der Waals surface area contributed by atoms with Gasteiger partial charge in [-0.3, -0.25) is 28.8 Å². The van der Waals surface area contributed by atoms with E-state index in [0.29, 0.717) is 0 Å². The second-order valence-corrected chi connectivity index (χ2v) is 11.2. The number of aliphatic hydroxyl groups is 4. The van der Waals surface area contributed by atoms with E-state index < -0.39 is 134 Å². The lowest BCUT2D eigenvalue weighted by Gasteiger charge is -2.47. The quantitative estimate of drug-likeness (QED) is 0.0672. The first-order valence-electron chi connectivity index (χ1n) is 14.8. The second kappa shape index (κ2) is 18.0. The molecular formula is C27H43N5O16. The minimum Gasteiger partial charge on any atom is -0.481 e. The average Bonchev–Trinajstić information content (AvgIpc) is 3.00. The van der Waals surface area contributed by atoms with Gasteiger partial charge in [0.1, 0.15) is 54.7 Å². The number of amides is 5. The zero-order valence-corrected chi connectivity index (χ0v) is 26.6. The van der Waals surface area contributed by atoms with E-state index in [2.05, 4.69) is 21.3 Å². The summed E-state index contributed by atoms with van der Waals surface area (Å²) in [4.78, 5) is 85.1. The van der Waals surface area contributed by atoms with E-state index >= 15 is 0 Å². The normalized spacial score (nSPS) is 30.5. The number of cyclic esters (lactones) is 1. The zero-order valence-electron chi connectivity index (χ0n) is 26.6. The number of carboxylic acids is 1. The Morgan fingerprint density at radius 1 is 0.896 bits per heavy atom. The van der Waals surface area contributed by atoms with Gasteiger partial charge in [-0.1, -0.05) is 0 Å². The molecule has 2 saturated heterocycles. The third-order valence-corrected chi connectivity index (χ3v) is 7.41. The number of carbonyl (C=O) groups excluding carboxylic acids is 6. The predicted octanol–water partition coefficient (Wildman–Crippen LogP) is -6.15. The van der Waals surface area contributed by atoms with Crippen LogP contribution in [0.25, 0.3) is 0 Å². The Kier molecular flexibility index (Phi) is 15.0. The topological polar surface area (TPSA) is 332 Å². The summed E-state index contributed by atoms with van der Waals surface area (Å²) in [6.45, 7) is 2.90. The first kappa shape index (κ1) is 40.2. The number of esters is 1. The lowest BCUT2D eigenvalue weighted by atomic mass is 9.94. The van der Waals surface area contributed by atoms with Crippen LogP contribution in [0.5, 0.6) is 0 Å². The fourth-order valence-corrected chi connectivity index (χ4v) is 4.93. The van der Waals surface area contributed by atoms with Crippen LogP contribution in [0, 0.1) is 0 Å². The number of ether oxygens (including phenoxy) is 4. The number of aliphatic hydroxyl groups excluding tert-OH is 4. The van der Waals surface area contributed by atoms with Gasteiger partial charge in [-0.15, -0.1) is 0 Å². The Bertz CT molecular complexity index is 1200. The molecule has 272 valence electrons. The van der Waals surface area contributed by atoms with Crippen molar-refractivity contribution in [1.29, 1.82) is 0 Å². The lowest BCUT2D eigenvalue weighted by Crippen LogP contribution is -2.69. The standard InChI is InChI=1S/C27H43N5O16/c1-9(24(42)32-13(23(28)41)5-6-16(37)38)29-25(43)10(2)45-22-18(31-12(4)36)26(44)46-15(8-34)21(22)48-27-17(30-11(3)35)20(40)19(39)14(7-33)47-27/h9-10,13-15,17-22,27,33-34,39-40H,5-8H2,1-4H3,(H2,28,41)(H,29,43)(H,30,35)(H,31,36)(H,32,42)(H,37,38)/t9-,10+,13+,14+,15+,17+,18+,19+,20+,21+,22+,27-/m0/s1. The van der Waals surface area contributed by atoms with Gasteiger partial charge in [0, 0.05) is 20.3 Å². The van der Waals surface area contributed by atoms with Crippen LogP contribution < -0.4 is 27.0 Å². The third kappa shape index (κ3) is 10.8. The fourth-order valence-electron chi connectivity index (χ4n) is 4.93. The van der Waals surface area contributed by atoms with Crippen molar-refractivity contribution in [2.24, 2.45) is 5.73 Å². The minimum atomic E-state index is -1.75. The number of rotatable bonds is 16. The van der Waals surface area contributed by atoms with Gasteiger partial charge in [0.15, 0.2) is 18.4 Å². The lowest BCUT2D eigenvalue weighted by molar-refractivity contribution is -0.308. The summed E-state index contributed by atoms with van der Waals surface area (Å²) in [6.07, 6.45) is -13.6. The molecule has 0 aliphatic carbocycles. The molecule has 0 saturated carbocycles. The summed E-state index contributed by atoms with van der Waals surface area (Å²) < 4.78 is 22.6. The van der Waals surface area contributed by atoms with Crippen LogP contribution in [0.3, 0.4) is 0 Å². The van der Waals surface area contributed by atoms with Gasteiger partial charge in [0.25, 0.3) is 0 Å². The molecular weight excluding hydrogens is 650 g/mol. The summed E-state index contributed by atoms with van der Waals surface area (Å²) in [7, 11) is 0. The van der Waals surface area contributed by atoms with Gasteiger partial charge < -0.3 is 71.5 Å². The highest BCUT2D eigenvalue weighted by Gasteiger charge is 2.53. The van der Waals surface area contributed by atoms with E-state index in [1.807, 2.05) is 0 Å². The Labute approximate surface area is 273 Å². The molecule has 0 bridgehead atoms. The Morgan fingerprint density at radius 2 is 1.50 bits per heavy atom. The number of carboxylic acid groups (broad SMARTS) is 1. The maximum Gasteiger partial charge on any atom is 0.331 e. The predicted molar refractivity (Wildman–Crippen MR) is 155 cm³/mol. The Morgan fingerprint density at radius 3 is 2.02 bits per heavy atom. The summed E-state index contributed by atoms with van der Waals surface area (Å²) in [5, 5.41) is 58.8. The molecule has 0 aromatic carbocycles. The van der Waals surface area contributed by atoms with Crippen molar-refractivity contribution < 1.29 is 78.0 Å². The van der Waals surface area contributed by atoms with E-state index in [4.69, 9.17) is 29.8 Å². The number of aliphatic carboxylic acids is 1. The van der Waals surface area contributed by atoms with Crippen molar-refractivity contribution in [2.75, 3.05) is 13.2 Å². The van der Waals surface area contributed by atoms with Crippen molar-refractivity contribution in [2.45, 2.75) is 114 Å². The molecule has 0 unspecified atom stereocenters.